The third-order valence-corrected chi connectivity index (χ3v) is 5.40. The van der Waals surface area contributed by atoms with Crippen molar-refractivity contribution in [1.29, 1.82) is 0 Å². The van der Waals surface area contributed by atoms with E-state index < -0.39 is 17.1 Å². The van der Waals surface area contributed by atoms with Crippen molar-refractivity contribution in [2.24, 2.45) is 5.41 Å². The number of ether oxygens (including phenoxy) is 2. The van der Waals surface area contributed by atoms with Crippen molar-refractivity contribution in [3.05, 3.63) is 66.2 Å². The summed E-state index contributed by atoms with van der Waals surface area (Å²) in [5.41, 5.74) is -0.530. The molecule has 1 aliphatic rings. The van der Waals surface area contributed by atoms with Crippen LogP contribution in [0.2, 0.25) is 0 Å². The van der Waals surface area contributed by atoms with Crippen molar-refractivity contribution in [2.45, 2.75) is 26.2 Å². The Kier molecular flexibility index (Phi) is 7.22. The van der Waals surface area contributed by atoms with E-state index in [0.29, 0.717) is 38.0 Å². The zero-order valence-corrected chi connectivity index (χ0v) is 17.2. The van der Waals surface area contributed by atoms with Crippen LogP contribution in [0.3, 0.4) is 0 Å². The second kappa shape index (κ2) is 10.1. The van der Waals surface area contributed by atoms with Gasteiger partial charge in [0.2, 0.25) is 5.78 Å². The Morgan fingerprint density at radius 3 is 2.33 bits per heavy atom. The van der Waals surface area contributed by atoms with E-state index in [0.717, 1.165) is 5.75 Å². The summed E-state index contributed by atoms with van der Waals surface area (Å²) in [6, 6.07) is 17.9. The molecule has 6 nitrogen and oxygen atoms in total. The van der Waals surface area contributed by atoms with E-state index in [9.17, 15) is 14.4 Å². The van der Waals surface area contributed by atoms with Crippen LogP contribution >= 0.6 is 0 Å². The number of rotatable bonds is 8. The van der Waals surface area contributed by atoms with Crippen LogP contribution < -0.4 is 4.74 Å². The fraction of sp³-hybridized carbons (Fsp3) is 0.375. The van der Waals surface area contributed by atoms with Crippen molar-refractivity contribution in [3.63, 3.8) is 0 Å². The third-order valence-electron chi connectivity index (χ3n) is 5.40. The second-order valence-corrected chi connectivity index (χ2v) is 7.44. The number of amides is 1. The highest BCUT2D eigenvalue weighted by Crippen LogP contribution is 2.35. The fourth-order valence-electron chi connectivity index (χ4n) is 3.80. The standard InChI is InChI=1S/C24H27NO5/c1-2-29-23(28)24(15-17-30-20-12-7-4-8-13-20)14-9-16-25(18-24)22(27)21(26)19-10-5-3-6-11-19/h3-8,10-13H,2,9,14-18H2,1H3/t24-/m0/s1. The molecule has 0 spiro atoms. The SMILES string of the molecule is CCOC(=O)[C@]1(CCOc2ccccc2)CCCN(C(=O)C(=O)c2ccccc2)C1. The van der Waals surface area contributed by atoms with Gasteiger partial charge in [-0.3, -0.25) is 14.4 Å². The number of esters is 1. The first-order chi connectivity index (χ1) is 14.6. The monoisotopic (exact) mass is 409 g/mol. The third kappa shape index (κ3) is 5.06. The van der Waals surface area contributed by atoms with E-state index in [1.54, 1.807) is 37.3 Å². The van der Waals surface area contributed by atoms with Crippen molar-refractivity contribution in [1.82, 2.24) is 4.90 Å². The Morgan fingerprint density at radius 1 is 1.00 bits per heavy atom. The summed E-state index contributed by atoms with van der Waals surface area (Å²) in [7, 11) is 0. The highest BCUT2D eigenvalue weighted by molar-refractivity contribution is 6.42. The van der Waals surface area contributed by atoms with Gasteiger partial charge in [0, 0.05) is 18.7 Å². The van der Waals surface area contributed by atoms with Gasteiger partial charge in [0.1, 0.15) is 5.75 Å². The number of hydrogen-bond acceptors (Lipinski definition) is 5. The van der Waals surface area contributed by atoms with Crippen LogP contribution in [-0.4, -0.2) is 48.9 Å². The van der Waals surface area contributed by atoms with Crippen LogP contribution in [0.4, 0.5) is 0 Å². The molecule has 2 aromatic carbocycles. The van der Waals surface area contributed by atoms with E-state index in [2.05, 4.69) is 0 Å². The van der Waals surface area contributed by atoms with Crippen LogP contribution in [0.1, 0.15) is 36.5 Å². The van der Waals surface area contributed by atoms with Gasteiger partial charge >= 0.3 is 5.97 Å². The summed E-state index contributed by atoms with van der Waals surface area (Å²) >= 11 is 0. The maximum absolute atomic E-state index is 12.9. The van der Waals surface area contributed by atoms with Crippen LogP contribution in [0.15, 0.2) is 60.7 Å². The van der Waals surface area contributed by atoms with E-state index in [1.807, 2.05) is 30.3 Å². The lowest BCUT2D eigenvalue weighted by Gasteiger charge is -2.40. The molecule has 0 unspecified atom stereocenters. The Balaban J connectivity index is 1.72. The van der Waals surface area contributed by atoms with Gasteiger partial charge < -0.3 is 14.4 Å². The summed E-state index contributed by atoms with van der Waals surface area (Å²) in [6.07, 6.45) is 1.62. The van der Waals surface area contributed by atoms with E-state index in [4.69, 9.17) is 9.47 Å². The highest BCUT2D eigenvalue weighted by atomic mass is 16.5. The molecule has 6 heteroatoms. The Bertz CT molecular complexity index is 868. The lowest BCUT2D eigenvalue weighted by atomic mass is 9.77. The van der Waals surface area contributed by atoms with Crippen LogP contribution in [0.25, 0.3) is 0 Å². The Hall–Kier alpha value is -3.15. The van der Waals surface area contributed by atoms with Crippen LogP contribution in [0.5, 0.6) is 5.75 Å². The average molecular weight is 409 g/mol. The highest BCUT2D eigenvalue weighted by Gasteiger charge is 2.45. The molecule has 1 aliphatic heterocycles. The first-order valence-corrected chi connectivity index (χ1v) is 10.3. The predicted molar refractivity (Wildman–Crippen MR) is 112 cm³/mol. The summed E-state index contributed by atoms with van der Waals surface area (Å²) in [5, 5.41) is 0. The minimum absolute atomic E-state index is 0.154. The molecule has 158 valence electrons. The number of para-hydroxylation sites is 1. The number of benzene rings is 2. The lowest BCUT2D eigenvalue weighted by molar-refractivity contribution is -0.161. The molecule has 0 aliphatic carbocycles. The molecule has 1 amide bonds. The van der Waals surface area contributed by atoms with Gasteiger partial charge in [0.25, 0.3) is 5.91 Å². The summed E-state index contributed by atoms with van der Waals surface area (Å²) < 4.78 is 11.1. The summed E-state index contributed by atoms with van der Waals surface area (Å²) in [6.45, 7) is 2.94. The molecule has 1 heterocycles. The molecule has 1 atom stereocenters. The van der Waals surface area contributed by atoms with Crippen molar-refractivity contribution in [3.8, 4) is 5.75 Å². The molecule has 2 aromatic rings. The number of hydrogen-bond donors (Lipinski definition) is 0. The van der Waals surface area contributed by atoms with E-state index >= 15 is 0 Å². The minimum atomic E-state index is -0.879. The van der Waals surface area contributed by atoms with Crippen molar-refractivity contribution < 1.29 is 23.9 Å². The largest absolute Gasteiger partial charge is 0.494 e. The average Bonchev–Trinajstić information content (AvgIpc) is 2.79. The van der Waals surface area contributed by atoms with Gasteiger partial charge in [-0.25, -0.2) is 0 Å². The smallest absolute Gasteiger partial charge is 0.314 e. The number of likely N-dealkylation sites (tertiary alicyclic amines) is 1. The first-order valence-electron chi connectivity index (χ1n) is 10.3. The number of carbonyl (C=O) groups is 3. The van der Waals surface area contributed by atoms with Gasteiger partial charge in [-0.15, -0.1) is 0 Å². The molecular formula is C24H27NO5. The topological polar surface area (TPSA) is 72.9 Å². The number of Topliss-reactive ketones (excluding diaryl/α,β-unsaturated/α-hetero) is 1. The van der Waals surface area contributed by atoms with Gasteiger partial charge in [0.15, 0.2) is 0 Å². The van der Waals surface area contributed by atoms with Crippen LogP contribution in [-0.2, 0) is 14.3 Å². The number of carbonyl (C=O) groups excluding carboxylic acids is 3. The molecule has 1 fully saturated rings. The first kappa shape index (κ1) is 21.6. The van der Waals surface area contributed by atoms with Gasteiger partial charge in [-0.05, 0) is 38.3 Å². The molecule has 30 heavy (non-hydrogen) atoms. The molecule has 3 rings (SSSR count). The molecule has 0 bridgehead atoms. The zero-order chi connectivity index (χ0) is 21.4. The molecule has 0 aromatic heterocycles. The molecule has 0 radical (unpaired) electrons. The normalized spacial score (nSPS) is 18.5. The maximum atomic E-state index is 12.9. The molecule has 1 saturated heterocycles. The Labute approximate surface area is 176 Å². The van der Waals surface area contributed by atoms with Crippen molar-refractivity contribution in [2.75, 3.05) is 26.3 Å². The summed E-state index contributed by atoms with van der Waals surface area (Å²) in [5.74, 6) is -0.764. The van der Waals surface area contributed by atoms with Gasteiger partial charge in [-0.1, -0.05) is 48.5 Å². The summed E-state index contributed by atoms with van der Waals surface area (Å²) in [4.78, 5) is 39.8. The lowest BCUT2D eigenvalue weighted by Crippen LogP contribution is -2.52. The number of piperidine rings is 1. The number of ketones is 1. The quantitative estimate of drug-likeness (QED) is 0.379. The zero-order valence-electron chi connectivity index (χ0n) is 17.2. The predicted octanol–water partition coefficient (Wildman–Crippen LogP) is 3.51. The minimum Gasteiger partial charge on any atom is -0.494 e. The molecule has 0 N–H and O–H groups in total. The van der Waals surface area contributed by atoms with Gasteiger partial charge in [0.05, 0.1) is 18.6 Å². The second-order valence-electron chi connectivity index (χ2n) is 7.44. The van der Waals surface area contributed by atoms with E-state index in [1.165, 1.54) is 4.90 Å². The molecular weight excluding hydrogens is 382 g/mol. The molecule has 0 saturated carbocycles. The van der Waals surface area contributed by atoms with E-state index in [-0.39, 0.29) is 19.1 Å². The van der Waals surface area contributed by atoms with Crippen LogP contribution in [0, 0.1) is 5.41 Å². The fourth-order valence-corrected chi connectivity index (χ4v) is 3.80. The van der Waals surface area contributed by atoms with Gasteiger partial charge in [-0.2, -0.15) is 0 Å². The number of nitrogens with zero attached hydrogens (tertiary/aromatic N) is 1. The van der Waals surface area contributed by atoms with Crippen molar-refractivity contribution >= 4 is 17.7 Å². The maximum Gasteiger partial charge on any atom is 0.314 e. The Morgan fingerprint density at radius 2 is 1.67 bits per heavy atom.